The number of hydrogen-bond acceptors (Lipinski definition) is 4. The Balaban J connectivity index is 1.46. The van der Waals surface area contributed by atoms with Crippen LogP contribution in [-0.2, 0) is 6.54 Å². The number of ether oxygens (including phenoxy) is 1. The highest BCUT2D eigenvalue weighted by Gasteiger charge is 2.04. The Labute approximate surface area is 144 Å². The predicted octanol–water partition coefficient (Wildman–Crippen LogP) is 3.44. The number of benzene rings is 1. The molecule has 2 N–H and O–H groups in total. The Morgan fingerprint density at radius 1 is 1.33 bits per heavy atom. The summed E-state index contributed by atoms with van der Waals surface area (Å²) in [6, 6.07) is 11.0. The van der Waals surface area contributed by atoms with Crippen LogP contribution in [-0.4, -0.2) is 29.5 Å². The fourth-order valence-electron chi connectivity index (χ4n) is 2.21. The molecule has 7 heteroatoms. The van der Waals surface area contributed by atoms with E-state index in [0.29, 0.717) is 24.5 Å². The van der Waals surface area contributed by atoms with E-state index in [0.717, 1.165) is 11.3 Å². The van der Waals surface area contributed by atoms with E-state index in [9.17, 15) is 4.79 Å². The summed E-state index contributed by atoms with van der Waals surface area (Å²) in [6.07, 6.45) is 1.91. The highest BCUT2D eigenvalue weighted by atomic mass is 32.1. The van der Waals surface area contributed by atoms with Gasteiger partial charge in [-0.1, -0.05) is 6.07 Å². The van der Waals surface area contributed by atoms with Crippen molar-refractivity contribution in [1.29, 1.82) is 0 Å². The van der Waals surface area contributed by atoms with E-state index < -0.39 is 0 Å². The molecule has 1 aromatic carbocycles. The van der Waals surface area contributed by atoms with Crippen molar-refractivity contribution in [2.24, 2.45) is 0 Å². The first-order valence-electron chi connectivity index (χ1n) is 7.49. The summed E-state index contributed by atoms with van der Waals surface area (Å²) in [4.78, 5) is 11.9. The van der Waals surface area contributed by atoms with E-state index in [2.05, 4.69) is 21.1 Å². The number of carbonyl (C=O) groups is 1. The van der Waals surface area contributed by atoms with E-state index in [1.807, 2.05) is 46.6 Å². The van der Waals surface area contributed by atoms with Gasteiger partial charge in [0.15, 0.2) is 0 Å². The zero-order chi connectivity index (χ0) is 16.8. The summed E-state index contributed by atoms with van der Waals surface area (Å²) >= 11 is 1.65. The van der Waals surface area contributed by atoms with Crippen molar-refractivity contribution in [3.05, 3.63) is 53.4 Å². The summed E-state index contributed by atoms with van der Waals surface area (Å²) < 4.78 is 6.94. The van der Waals surface area contributed by atoms with Crippen molar-refractivity contribution in [3.8, 4) is 17.0 Å². The zero-order valence-corrected chi connectivity index (χ0v) is 14.0. The van der Waals surface area contributed by atoms with Gasteiger partial charge in [-0.2, -0.15) is 16.4 Å². The lowest BCUT2D eigenvalue weighted by Gasteiger charge is -2.08. The molecule has 0 atom stereocenters. The van der Waals surface area contributed by atoms with Crippen molar-refractivity contribution < 1.29 is 9.53 Å². The van der Waals surface area contributed by atoms with Crippen molar-refractivity contribution in [2.75, 3.05) is 19.0 Å². The van der Waals surface area contributed by atoms with Gasteiger partial charge in [-0.05, 0) is 29.6 Å². The summed E-state index contributed by atoms with van der Waals surface area (Å²) in [7, 11) is 1.59. The number of anilines is 1. The highest BCUT2D eigenvalue weighted by Crippen LogP contribution is 2.19. The second kappa shape index (κ2) is 7.65. The van der Waals surface area contributed by atoms with Crippen LogP contribution in [0.3, 0.4) is 0 Å². The number of thiophene rings is 1. The number of aromatic nitrogens is 2. The minimum Gasteiger partial charge on any atom is -0.497 e. The van der Waals surface area contributed by atoms with Crippen LogP contribution in [0.15, 0.2) is 53.4 Å². The number of urea groups is 1. The average Bonchev–Trinajstić information content (AvgIpc) is 3.26. The first kappa shape index (κ1) is 16.1. The lowest BCUT2D eigenvalue weighted by molar-refractivity contribution is 0.251. The Morgan fingerprint density at radius 2 is 2.25 bits per heavy atom. The first-order chi connectivity index (χ1) is 11.7. The molecular formula is C17H18N4O2S. The van der Waals surface area contributed by atoms with Crippen molar-refractivity contribution in [2.45, 2.75) is 6.54 Å². The maximum absolute atomic E-state index is 11.9. The van der Waals surface area contributed by atoms with Gasteiger partial charge in [0.2, 0.25) is 0 Å². The van der Waals surface area contributed by atoms with Gasteiger partial charge in [-0.25, -0.2) is 4.79 Å². The van der Waals surface area contributed by atoms with E-state index in [-0.39, 0.29) is 6.03 Å². The molecule has 6 nitrogen and oxygen atoms in total. The third kappa shape index (κ3) is 4.14. The van der Waals surface area contributed by atoms with E-state index >= 15 is 0 Å². The Morgan fingerprint density at radius 3 is 3.04 bits per heavy atom. The minimum atomic E-state index is -0.256. The van der Waals surface area contributed by atoms with Gasteiger partial charge >= 0.3 is 6.03 Å². The molecule has 0 unspecified atom stereocenters. The SMILES string of the molecule is COc1cccc(NC(=O)NCCn2ccc(-c3ccsc3)n2)c1. The number of carbonyl (C=O) groups excluding carboxylic acids is 1. The second-order valence-corrected chi connectivity index (χ2v) is 5.87. The van der Waals surface area contributed by atoms with Crippen molar-refractivity contribution in [1.82, 2.24) is 15.1 Å². The van der Waals surface area contributed by atoms with E-state index in [4.69, 9.17) is 4.74 Å². The Kier molecular flexibility index (Phi) is 5.12. The molecule has 2 amide bonds. The normalized spacial score (nSPS) is 10.4. The highest BCUT2D eigenvalue weighted by molar-refractivity contribution is 7.08. The summed E-state index contributed by atoms with van der Waals surface area (Å²) in [5.41, 5.74) is 2.74. The monoisotopic (exact) mass is 342 g/mol. The molecular weight excluding hydrogens is 324 g/mol. The Bertz CT molecular complexity index is 799. The molecule has 0 aliphatic rings. The fraction of sp³-hybridized carbons (Fsp3) is 0.176. The van der Waals surface area contributed by atoms with Gasteiger partial charge < -0.3 is 15.4 Å². The van der Waals surface area contributed by atoms with Crippen LogP contribution in [0.1, 0.15) is 0 Å². The van der Waals surface area contributed by atoms with Gasteiger partial charge in [0.25, 0.3) is 0 Å². The topological polar surface area (TPSA) is 68.2 Å². The first-order valence-corrected chi connectivity index (χ1v) is 8.44. The molecule has 0 saturated heterocycles. The number of amides is 2. The van der Waals surface area contributed by atoms with Gasteiger partial charge in [-0.3, -0.25) is 4.68 Å². The molecule has 0 saturated carbocycles. The average molecular weight is 342 g/mol. The minimum absolute atomic E-state index is 0.256. The maximum Gasteiger partial charge on any atom is 0.319 e. The summed E-state index contributed by atoms with van der Waals surface area (Å²) in [6.45, 7) is 1.09. The summed E-state index contributed by atoms with van der Waals surface area (Å²) in [5, 5.41) is 14.2. The van der Waals surface area contributed by atoms with Crippen LogP contribution in [0.2, 0.25) is 0 Å². The van der Waals surface area contributed by atoms with Crippen LogP contribution >= 0.6 is 11.3 Å². The van der Waals surface area contributed by atoms with Crippen LogP contribution in [0, 0.1) is 0 Å². The maximum atomic E-state index is 11.9. The van der Waals surface area contributed by atoms with Gasteiger partial charge in [0.05, 0.1) is 19.3 Å². The molecule has 0 bridgehead atoms. The summed E-state index contributed by atoms with van der Waals surface area (Å²) in [5.74, 6) is 0.699. The zero-order valence-electron chi connectivity index (χ0n) is 13.2. The van der Waals surface area contributed by atoms with Gasteiger partial charge in [0, 0.05) is 35.4 Å². The Hall–Kier alpha value is -2.80. The lowest BCUT2D eigenvalue weighted by Crippen LogP contribution is -2.31. The lowest BCUT2D eigenvalue weighted by atomic mass is 10.2. The van der Waals surface area contributed by atoms with Crippen LogP contribution in [0.25, 0.3) is 11.3 Å². The molecule has 3 rings (SSSR count). The molecule has 0 aliphatic heterocycles. The molecule has 0 radical (unpaired) electrons. The molecule has 2 heterocycles. The number of hydrogen-bond donors (Lipinski definition) is 2. The van der Waals surface area contributed by atoms with Crippen molar-refractivity contribution in [3.63, 3.8) is 0 Å². The van der Waals surface area contributed by atoms with Crippen LogP contribution < -0.4 is 15.4 Å². The predicted molar refractivity (Wildman–Crippen MR) is 95.6 cm³/mol. The molecule has 0 aliphatic carbocycles. The molecule has 0 fully saturated rings. The molecule has 3 aromatic rings. The quantitative estimate of drug-likeness (QED) is 0.721. The standard InChI is InChI=1S/C17H18N4O2S/c1-23-15-4-2-3-14(11-15)19-17(22)18-7-9-21-8-5-16(20-21)13-6-10-24-12-13/h2-6,8,10-12H,7,9H2,1H3,(H2,18,19,22). The third-order valence-electron chi connectivity index (χ3n) is 3.41. The van der Waals surface area contributed by atoms with Crippen molar-refractivity contribution >= 4 is 23.1 Å². The van der Waals surface area contributed by atoms with E-state index in [1.54, 1.807) is 24.5 Å². The second-order valence-electron chi connectivity index (χ2n) is 5.09. The van der Waals surface area contributed by atoms with Crippen LogP contribution in [0.5, 0.6) is 5.75 Å². The fourth-order valence-corrected chi connectivity index (χ4v) is 2.86. The number of nitrogens with zero attached hydrogens (tertiary/aromatic N) is 2. The van der Waals surface area contributed by atoms with E-state index in [1.165, 1.54) is 0 Å². The smallest absolute Gasteiger partial charge is 0.319 e. The third-order valence-corrected chi connectivity index (χ3v) is 4.09. The molecule has 2 aromatic heterocycles. The van der Waals surface area contributed by atoms with Gasteiger partial charge in [-0.15, -0.1) is 0 Å². The molecule has 24 heavy (non-hydrogen) atoms. The number of nitrogens with one attached hydrogen (secondary N) is 2. The number of rotatable bonds is 6. The largest absolute Gasteiger partial charge is 0.497 e. The van der Waals surface area contributed by atoms with Crippen LogP contribution in [0.4, 0.5) is 10.5 Å². The molecule has 124 valence electrons. The van der Waals surface area contributed by atoms with Gasteiger partial charge in [0.1, 0.15) is 5.75 Å². The molecule has 0 spiro atoms. The number of methoxy groups -OCH3 is 1.